The van der Waals surface area contributed by atoms with Gasteiger partial charge in [-0.05, 0) is 49.4 Å². The molecule has 0 aromatic heterocycles. The Hall–Kier alpha value is -3.92. The fraction of sp³-hybridized carbons (Fsp3) is 0.269. The molecule has 192 valence electrons. The van der Waals surface area contributed by atoms with Gasteiger partial charge in [0.25, 0.3) is 10.0 Å². The number of hydrogen-bond acceptors (Lipinski definition) is 7. The summed E-state index contributed by atoms with van der Waals surface area (Å²) in [5.74, 6) is 1.32. The van der Waals surface area contributed by atoms with Crippen molar-refractivity contribution >= 4 is 21.6 Å². The van der Waals surface area contributed by atoms with Crippen molar-refractivity contribution in [2.24, 2.45) is 0 Å². The van der Waals surface area contributed by atoms with Gasteiger partial charge in [-0.2, -0.15) is 0 Å². The van der Waals surface area contributed by atoms with Crippen LogP contribution in [-0.4, -0.2) is 49.3 Å². The summed E-state index contributed by atoms with van der Waals surface area (Å²) in [5, 5.41) is 2.86. The van der Waals surface area contributed by atoms with Crippen LogP contribution in [-0.2, 0) is 14.8 Å². The molecule has 0 aliphatic heterocycles. The fourth-order valence-corrected chi connectivity index (χ4v) is 5.12. The van der Waals surface area contributed by atoms with Crippen LogP contribution < -0.4 is 28.6 Å². The molecule has 1 N–H and O–H groups in total. The summed E-state index contributed by atoms with van der Waals surface area (Å²) in [6.45, 7) is 1.35. The number of para-hydroxylation sites is 1. The zero-order valence-corrected chi connectivity index (χ0v) is 21.7. The second kappa shape index (κ2) is 11.7. The van der Waals surface area contributed by atoms with Gasteiger partial charge in [0, 0.05) is 11.6 Å². The second-order valence-electron chi connectivity index (χ2n) is 7.76. The zero-order chi connectivity index (χ0) is 26.3. The summed E-state index contributed by atoms with van der Waals surface area (Å²) in [7, 11) is 1.78. The molecule has 0 saturated heterocycles. The van der Waals surface area contributed by atoms with Gasteiger partial charge < -0.3 is 24.3 Å². The molecular weight excluding hydrogens is 484 g/mol. The van der Waals surface area contributed by atoms with E-state index in [1.807, 2.05) is 18.2 Å². The van der Waals surface area contributed by atoms with Crippen LogP contribution in [0, 0.1) is 0 Å². The minimum absolute atomic E-state index is 0.0541. The number of nitrogens with zero attached hydrogens (tertiary/aromatic N) is 1. The van der Waals surface area contributed by atoms with Crippen LogP contribution in [0.5, 0.6) is 23.0 Å². The molecule has 0 fully saturated rings. The zero-order valence-electron chi connectivity index (χ0n) is 20.8. The highest BCUT2D eigenvalue weighted by molar-refractivity contribution is 7.92. The normalized spacial score (nSPS) is 11.8. The van der Waals surface area contributed by atoms with Crippen molar-refractivity contribution in [1.29, 1.82) is 0 Å². The Balaban J connectivity index is 1.96. The smallest absolute Gasteiger partial charge is 0.264 e. The molecule has 10 heteroatoms. The van der Waals surface area contributed by atoms with Crippen molar-refractivity contribution in [2.75, 3.05) is 39.3 Å². The lowest BCUT2D eigenvalue weighted by molar-refractivity contribution is -0.120. The van der Waals surface area contributed by atoms with Gasteiger partial charge in [-0.1, -0.05) is 18.2 Å². The van der Waals surface area contributed by atoms with E-state index in [1.165, 1.54) is 39.5 Å². The maximum Gasteiger partial charge on any atom is 0.264 e. The number of methoxy groups -OCH3 is 4. The number of ether oxygens (including phenoxy) is 4. The average molecular weight is 515 g/mol. The summed E-state index contributed by atoms with van der Waals surface area (Å²) < 4.78 is 49.6. The lowest BCUT2D eigenvalue weighted by atomic mass is 10.1. The van der Waals surface area contributed by atoms with E-state index >= 15 is 0 Å². The first kappa shape index (κ1) is 26.7. The number of amides is 1. The van der Waals surface area contributed by atoms with E-state index in [9.17, 15) is 13.2 Å². The minimum atomic E-state index is -4.17. The highest BCUT2D eigenvalue weighted by Gasteiger charge is 2.29. The van der Waals surface area contributed by atoms with E-state index in [2.05, 4.69) is 5.32 Å². The molecule has 3 aromatic rings. The Morgan fingerprint density at radius 3 is 2.08 bits per heavy atom. The van der Waals surface area contributed by atoms with E-state index in [1.54, 1.807) is 44.4 Å². The third-order valence-corrected chi connectivity index (χ3v) is 7.34. The Labute approximate surface area is 211 Å². The van der Waals surface area contributed by atoms with Gasteiger partial charge >= 0.3 is 0 Å². The molecule has 36 heavy (non-hydrogen) atoms. The summed E-state index contributed by atoms with van der Waals surface area (Å²) in [6, 6.07) is 17.6. The van der Waals surface area contributed by atoms with Crippen molar-refractivity contribution in [3.8, 4) is 23.0 Å². The number of carbonyl (C=O) groups excluding carboxylic acids is 1. The average Bonchev–Trinajstić information content (AvgIpc) is 2.91. The molecular formula is C26H30N2O7S. The number of hydrogen-bond donors (Lipinski definition) is 1. The maximum absolute atomic E-state index is 13.7. The van der Waals surface area contributed by atoms with Crippen LogP contribution in [0.25, 0.3) is 0 Å². The summed E-state index contributed by atoms with van der Waals surface area (Å²) >= 11 is 0. The summed E-state index contributed by atoms with van der Waals surface area (Å²) in [6.07, 6.45) is 0. The van der Waals surface area contributed by atoms with Crippen LogP contribution in [0.3, 0.4) is 0 Å². The fourth-order valence-electron chi connectivity index (χ4n) is 3.69. The molecule has 9 nitrogen and oxygen atoms in total. The standard InChI is InChI=1S/C26H30N2O7S/c1-18(22-8-6-7-9-23(22)33-3)27-26(29)17-28(19-10-12-20(32-2)13-11-19)36(30,31)21-14-15-24(34-4)25(16-21)35-5/h6-16,18H,17H2,1-5H3,(H,27,29)/t18-/m1/s1. The molecule has 1 amide bonds. The maximum atomic E-state index is 13.7. The van der Waals surface area contributed by atoms with Crippen LogP contribution >= 0.6 is 0 Å². The van der Waals surface area contributed by atoms with Gasteiger partial charge in [-0.25, -0.2) is 8.42 Å². The molecule has 0 aliphatic carbocycles. The second-order valence-corrected chi connectivity index (χ2v) is 9.62. The Kier molecular flexibility index (Phi) is 8.65. The summed E-state index contributed by atoms with van der Waals surface area (Å²) in [4.78, 5) is 13.1. The number of rotatable bonds is 11. The SMILES string of the molecule is COc1ccc(N(CC(=O)N[C@H](C)c2ccccc2OC)S(=O)(=O)c2ccc(OC)c(OC)c2)cc1. The van der Waals surface area contributed by atoms with Gasteiger partial charge in [-0.3, -0.25) is 9.10 Å². The van der Waals surface area contributed by atoms with Gasteiger partial charge in [0.05, 0.1) is 45.1 Å². The highest BCUT2D eigenvalue weighted by Crippen LogP contribution is 2.33. The molecule has 0 unspecified atom stereocenters. The lowest BCUT2D eigenvalue weighted by Crippen LogP contribution is -2.41. The van der Waals surface area contributed by atoms with Crippen LogP contribution in [0.2, 0.25) is 0 Å². The Morgan fingerprint density at radius 1 is 0.833 bits per heavy atom. The van der Waals surface area contributed by atoms with Crippen molar-refractivity contribution in [2.45, 2.75) is 17.9 Å². The Morgan fingerprint density at radius 2 is 1.47 bits per heavy atom. The van der Waals surface area contributed by atoms with Crippen molar-refractivity contribution in [1.82, 2.24) is 5.32 Å². The molecule has 0 heterocycles. The number of sulfonamides is 1. The molecule has 0 saturated carbocycles. The van der Waals surface area contributed by atoms with Crippen molar-refractivity contribution < 1.29 is 32.2 Å². The van der Waals surface area contributed by atoms with Crippen LogP contribution in [0.15, 0.2) is 71.6 Å². The number of benzene rings is 3. The van der Waals surface area contributed by atoms with Crippen LogP contribution in [0.4, 0.5) is 5.69 Å². The predicted octanol–water partition coefficient (Wildman–Crippen LogP) is 3.79. The molecule has 0 radical (unpaired) electrons. The number of nitrogens with one attached hydrogen (secondary N) is 1. The van der Waals surface area contributed by atoms with E-state index in [4.69, 9.17) is 18.9 Å². The summed E-state index contributed by atoms with van der Waals surface area (Å²) in [5.41, 5.74) is 1.07. The van der Waals surface area contributed by atoms with Crippen molar-refractivity contribution in [3.63, 3.8) is 0 Å². The third kappa shape index (κ3) is 5.83. The van der Waals surface area contributed by atoms with Gasteiger partial charge in [-0.15, -0.1) is 0 Å². The lowest BCUT2D eigenvalue weighted by Gasteiger charge is -2.26. The topological polar surface area (TPSA) is 103 Å². The van der Waals surface area contributed by atoms with Gasteiger partial charge in [0.2, 0.25) is 5.91 Å². The quantitative estimate of drug-likeness (QED) is 0.415. The molecule has 3 rings (SSSR count). The van der Waals surface area contributed by atoms with E-state index < -0.39 is 28.5 Å². The monoisotopic (exact) mass is 514 g/mol. The minimum Gasteiger partial charge on any atom is -0.497 e. The molecule has 0 bridgehead atoms. The highest BCUT2D eigenvalue weighted by atomic mass is 32.2. The van der Waals surface area contributed by atoms with Crippen molar-refractivity contribution in [3.05, 3.63) is 72.3 Å². The molecule has 1 atom stereocenters. The van der Waals surface area contributed by atoms with Gasteiger partial charge in [0.1, 0.15) is 18.0 Å². The number of carbonyl (C=O) groups is 1. The Bertz CT molecular complexity index is 1290. The first-order valence-corrected chi connectivity index (χ1v) is 12.5. The molecule has 0 spiro atoms. The third-order valence-electron chi connectivity index (χ3n) is 5.57. The largest absolute Gasteiger partial charge is 0.497 e. The van der Waals surface area contributed by atoms with E-state index in [-0.39, 0.29) is 10.6 Å². The molecule has 0 aliphatic rings. The van der Waals surface area contributed by atoms with E-state index in [0.29, 0.717) is 22.9 Å². The number of anilines is 1. The first-order valence-electron chi connectivity index (χ1n) is 11.1. The molecule has 3 aromatic carbocycles. The van der Waals surface area contributed by atoms with Crippen LogP contribution in [0.1, 0.15) is 18.5 Å². The predicted molar refractivity (Wildman–Crippen MR) is 137 cm³/mol. The first-order chi connectivity index (χ1) is 17.2. The van der Waals surface area contributed by atoms with Gasteiger partial charge in [0.15, 0.2) is 11.5 Å². The van der Waals surface area contributed by atoms with E-state index in [0.717, 1.165) is 9.87 Å².